The lowest BCUT2D eigenvalue weighted by Gasteiger charge is -2.24. The van der Waals surface area contributed by atoms with Gasteiger partial charge in [0.15, 0.2) is 11.5 Å². The van der Waals surface area contributed by atoms with Crippen LogP contribution in [0.2, 0.25) is 0 Å². The van der Waals surface area contributed by atoms with Crippen molar-refractivity contribution in [2.45, 2.75) is 64.3 Å². The van der Waals surface area contributed by atoms with E-state index in [9.17, 15) is 19.2 Å². The fourth-order valence-corrected chi connectivity index (χ4v) is 3.69. The number of aryl methyl sites for hydroxylation is 3. The van der Waals surface area contributed by atoms with Crippen molar-refractivity contribution in [2.24, 2.45) is 0 Å². The van der Waals surface area contributed by atoms with Gasteiger partial charge in [0.25, 0.3) is 5.91 Å². The molecule has 1 aliphatic rings. The number of ketones is 1. The van der Waals surface area contributed by atoms with E-state index < -0.39 is 41.4 Å². The molecule has 11 heteroatoms. The van der Waals surface area contributed by atoms with Crippen molar-refractivity contribution in [1.29, 1.82) is 0 Å². The number of aromatic nitrogens is 1. The van der Waals surface area contributed by atoms with Gasteiger partial charge in [-0.15, -0.1) is 0 Å². The van der Waals surface area contributed by atoms with Crippen molar-refractivity contribution in [3.05, 3.63) is 52.9 Å². The summed E-state index contributed by atoms with van der Waals surface area (Å²) in [5.74, 6) is -1.54. The molecular formula is C26H34N4O7. The lowest BCUT2D eigenvalue weighted by Crippen LogP contribution is -2.56. The average Bonchev–Trinajstić information content (AvgIpc) is 3.47. The van der Waals surface area contributed by atoms with E-state index in [-0.39, 0.29) is 18.1 Å². The molecular weight excluding hydrogens is 480 g/mol. The Morgan fingerprint density at radius 1 is 1.05 bits per heavy atom. The fraction of sp³-hybridized carbons (Fsp3) is 0.500. The molecule has 0 aliphatic carbocycles. The molecule has 1 saturated heterocycles. The molecule has 2 aromatic rings. The summed E-state index contributed by atoms with van der Waals surface area (Å²) >= 11 is 0. The van der Waals surface area contributed by atoms with Gasteiger partial charge in [0.2, 0.25) is 11.8 Å². The second-order valence-electron chi connectivity index (χ2n) is 9.50. The van der Waals surface area contributed by atoms with Gasteiger partial charge in [0.05, 0.1) is 19.3 Å². The van der Waals surface area contributed by atoms with Gasteiger partial charge >= 0.3 is 0 Å². The third-order valence-corrected chi connectivity index (χ3v) is 6.14. The molecule has 0 spiro atoms. The number of methoxy groups -OCH3 is 1. The van der Waals surface area contributed by atoms with E-state index in [0.29, 0.717) is 25.2 Å². The predicted molar refractivity (Wildman–Crippen MR) is 133 cm³/mol. The van der Waals surface area contributed by atoms with Crippen molar-refractivity contribution >= 4 is 23.5 Å². The summed E-state index contributed by atoms with van der Waals surface area (Å²) in [7, 11) is 1.38. The lowest BCUT2D eigenvalue weighted by molar-refractivity contribution is -0.133. The van der Waals surface area contributed by atoms with Gasteiger partial charge in [-0.2, -0.15) is 0 Å². The number of carbonyl (C=O) groups excluding carboxylic acids is 4. The SMILES string of the molecule is COC[C@H](NC(=O)c1cc(C)on1)C(=O)N[C@@H](C)C(=O)N[C@@H](CCc1ccc(C)cc1)C(=O)[C@@]1(C)CO1. The Kier molecular flexibility index (Phi) is 9.17. The van der Waals surface area contributed by atoms with Crippen molar-refractivity contribution in [3.63, 3.8) is 0 Å². The second-order valence-corrected chi connectivity index (χ2v) is 9.50. The van der Waals surface area contributed by atoms with Crippen LogP contribution in [0.5, 0.6) is 0 Å². The maximum Gasteiger partial charge on any atom is 0.274 e. The molecule has 1 aromatic heterocycles. The van der Waals surface area contributed by atoms with Gasteiger partial charge in [-0.1, -0.05) is 35.0 Å². The smallest absolute Gasteiger partial charge is 0.274 e. The molecule has 3 amide bonds. The number of hydrogen-bond acceptors (Lipinski definition) is 8. The summed E-state index contributed by atoms with van der Waals surface area (Å²) in [4.78, 5) is 51.2. The van der Waals surface area contributed by atoms with Gasteiger partial charge in [-0.3, -0.25) is 19.2 Å². The number of rotatable bonds is 13. The zero-order valence-corrected chi connectivity index (χ0v) is 21.8. The van der Waals surface area contributed by atoms with Crippen LogP contribution in [0.25, 0.3) is 0 Å². The molecule has 11 nitrogen and oxygen atoms in total. The highest BCUT2D eigenvalue weighted by Gasteiger charge is 2.50. The summed E-state index contributed by atoms with van der Waals surface area (Å²) in [5, 5.41) is 11.5. The highest BCUT2D eigenvalue weighted by atomic mass is 16.6. The first-order chi connectivity index (χ1) is 17.5. The summed E-state index contributed by atoms with van der Waals surface area (Å²) in [6, 6.07) is 6.54. The Labute approximate surface area is 215 Å². The number of epoxide rings is 1. The van der Waals surface area contributed by atoms with E-state index >= 15 is 0 Å². The van der Waals surface area contributed by atoms with Crippen LogP contribution < -0.4 is 16.0 Å². The van der Waals surface area contributed by atoms with Crippen LogP contribution in [0, 0.1) is 13.8 Å². The zero-order valence-electron chi connectivity index (χ0n) is 21.8. The normalized spacial score (nSPS) is 18.8. The minimum atomic E-state index is -1.08. The minimum absolute atomic E-state index is 0.0166. The largest absolute Gasteiger partial charge is 0.382 e. The molecule has 0 saturated carbocycles. The van der Waals surface area contributed by atoms with Gasteiger partial charge in [0.1, 0.15) is 23.4 Å². The molecule has 200 valence electrons. The Morgan fingerprint density at radius 2 is 1.73 bits per heavy atom. The van der Waals surface area contributed by atoms with E-state index in [2.05, 4.69) is 21.1 Å². The van der Waals surface area contributed by atoms with Crippen LogP contribution in [-0.2, 0) is 30.3 Å². The van der Waals surface area contributed by atoms with Gasteiger partial charge in [-0.05, 0) is 46.1 Å². The number of ether oxygens (including phenoxy) is 2. The van der Waals surface area contributed by atoms with Crippen LogP contribution in [0.15, 0.2) is 34.9 Å². The van der Waals surface area contributed by atoms with Gasteiger partial charge in [0, 0.05) is 13.2 Å². The average molecular weight is 515 g/mol. The number of hydrogen-bond donors (Lipinski definition) is 3. The topological polar surface area (TPSA) is 152 Å². The third kappa shape index (κ3) is 7.70. The number of nitrogens with one attached hydrogen (secondary N) is 3. The molecule has 1 fully saturated rings. The molecule has 4 atom stereocenters. The number of amides is 3. The summed E-state index contributed by atoms with van der Waals surface area (Å²) < 4.78 is 15.3. The number of Topliss-reactive ketones (excluding diaryl/α,β-unsaturated/α-hetero) is 1. The van der Waals surface area contributed by atoms with Gasteiger partial charge in [-0.25, -0.2) is 0 Å². The molecule has 1 aromatic carbocycles. The molecule has 37 heavy (non-hydrogen) atoms. The van der Waals surface area contributed by atoms with Crippen LogP contribution >= 0.6 is 0 Å². The fourth-order valence-electron chi connectivity index (χ4n) is 3.69. The molecule has 3 N–H and O–H groups in total. The number of nitrogens with zero attached hydrogens (tertiary/aromatic N) is 1. The first-order valence-corrected chi connectivity index (χ1v) is 12.1. The molecule has 0 unspecified atom stereocenters. The van der Waals surface area contributed by atoms with Crippen LogP contribution in [0.1, 0.15) is 47.6 Å². The van der Waals surface area contributed by atoms with Gasteiger partial charge < -0.3 is 29.9 Å². The first kappa shape index (κ1) is 28.0. The lowest BCUT2D eigenvalue weighted by atomic mass is 9.94. The zero-order chi connectivity index (χ0) is 27.2. The maximum atomic E-state index is 13.0. The third-order valence-electron chi connectivity index (χ3n) is 6.14. The monoisotopic (exact) mass is 514 g/mol. The van der Waals surface area contributed by atoms with Crippen LogP contribution in [0.3, 0.4) is 0 Å². The quantitative estimate of drug-likeness (QED) is 0.335. The van der Waals surface area contributed by atoms with Crippen molar-refractivity contribution < 1.29 is 33.2 Å². The first-order valence-electron chi connectivity index (χ1n) is 12.1. The number of benzene rings is 1. The summed E-state index contributed by atoms with van der Waals surface area (Å²) in [6.45, 7) is 7.00. The predicted octanol–water partition coefficient (Wildman–Crippen LogP) is 1.02. The summed E-state index contributed by atoms with van der Waals surface area (Å²) in [6.07, 6.45) is 0.962. The Hall–Kier alpha value is -3.57. The molecule has 0 bridgehead atoms. The maximum absolute atomic E-state index is 13.0. The van der Waals surface area contributed by atoms with E-state index in [1.165, 1.54) is 20.1 Å². The molecule has 3 rings (SSSR count). The van der Waals surface area contributed by atoms with E-state index in [4.69, 9.17) is 14.0 Å². The Balaban J connectivity index is 1.61. The van der Waals surface area contributed by atoms with E-state index in [1.54, 1.807) is 13.8 Å². The second kappa shape index (κ2) is 12.1. The number of carbonyl (C=O) groups is 4. The minimum Gasteiger partial charge on any atom is -0.382 e. The summed E-state index contributed by atoms with van der Waals surface area (Å²) in [5.41, 5.74) is 1.28. The van der Waals surface area contributed by atoms with E-state index in [1.807, 2.05) is 31.2 Å². The molecule has 2 heterocycles. The van der Waals surface area contributed by atoms with Crippen molar-refractivity contribution in [1.82, 2.24) is 21.1 Å². The Morgan fingerprint density at radius 3 is 2.30 bits per heavy atom. The van der Waals surface area contributed by atoms with Crippen LogP contribution in [-0.4, -0.2) is 72.7 Å². The van der Waals surface area contributed by atoms with E-state index in [0.717, 1.165) is 11.1 Å². The van der Waals surface area contributed by atoms with Crippen molar-refractivity contribution in [3.8, 4) is 0 Å². The highest BCUT2D eigenvalue weighted by molar-refractivity contribution is 5.99. The molecule has 0 radical (unpaired) electrons. The van der Waals surface area contributed by atoms with Crippen LogP contribution in [0.4, 0.5) is 0 Å². The Bertz CT molecular complexity index is 1120. The van der Waals surface area contributed by atoms with Crippen molar-refractivity contribution in [2.75, 3.05) is 20.3 Å². The standard InChI is InChI=1S/C26H34N4O7/c1-15-6-8-18(9-7-15)10-11-19(22(31)26(4)14-36-26)28-23(32)17(3)27-25(34)21(13-35-5)29-24(33)20-12-16(2)37-30-20/h6-9,12,17,19,21H,10-11,13-14H2,1-5H3,(H,27,34)(H,28,32)(H,29,33)/t17-,19-,21-,26+/m0/s1. The molecule has 1 aliphatic heterocycles. The highest BCUT2D eigenvalue weighted by Crippen LogP contribution is 2.29.